The third kappa shape index (κ3) is 2.82. The second-order valence-electron chi connectivity index (χ2n) is 4.94. The zero-order chi connectivity index (χ0) is 13.9. The molecule has 104 valence electrons. The average molecular weight is 272 g/mol. The summed E-state index contributed by atoms with van der Waals surface area (Å²) in [6, 6.07) is 7.68. The molecule has 0 saturated heterocycles. The molecule has 0 bridgehead atoms. The summed E-state index contributed by atoms with van der Waals surface area (Å²) in [5.74, 6) is 1.54. The molecule has 0 radical (unpaired) electrons. The van der Waals surface area contributed by atoms with Gasteiger partial charge in [-0.05, 0) is 49.4 Å². The molecule has 0 spiro atoms. The van der Waals surface area contributed by atoms with Crippen LogP contribution in [0.3, 0.4) is 0 Å². The van der Waals surface area contributed by atoms with E-state index in [9.17, 15) is 4.79 Å². The molecule has 0 atom stereocenters. The fraction of sp³-hybridized carbons (Fsp3) is 0.333. The van der Waals surface area contributed by atoms with Crippen molar-refractivity contribution in [1.82, 2.24) is 5.16 Å². The highest BCUT2D eigenvalue weighted by Crippen LogP contribution is 2.25. The van der Waals surface area contributed by atoms with E-state index in [1.807, 2.05) is 12.1 Å². The first-order chi connectivity index (χ1) is 9.70. The lowest BCUT2D eigenvalue weighted by Crippen LogP contribution is -2.20. The summed E-state index contributed by atoms with van der Waals surface area (Å²) >= 11 is 0. The first kappa shape index (κ1) is 12.7. The van der Waals surface area contributed by atoms with E-state index in [1.54, 1.807) is 13.0 Å². The second kappa shape index (κ2) is 5.36. The van der Waals surface area contributed by atoms with Gasteiger partial charge in [0.05, 0.1) is 0 Å². The highest BCUT2D eigenvalue weighted by Gasteiger charge is 2.12. The second-order valence-corrected chi connectivity index (χ2v) is 4.94. The van der Waals surface area contributed by atoms with Crippen molar-refractivity contribution in [2.75, 3.05) is 11.9 Å². The molecule has 1 amide bonds. The first-order valence-corrected chi connectivity index (χ1v) is 6.68. The van der Waals surface area contributed by atoms with Crippen LogP contribution in [0, 0.1) is 6.92 Å². The van der Waals surface area contributed by atoms with Gasteiger partial charge in [0, 0.05) is 6.07 Å². The third-order valence-electron chi connectivity index (χ3n) is 3.34. The Bertz CT molecular complexity index is 634. The maximum atomic E-state index is 11.7. The summed E-state index contributed by atoms with van der Waals surface area (Å²) in [5, 5.41) is 6.31. The Kier molecular flexibility index (Phi) is 3.41. The van der Waals surface area contributed by atoms with E-state index in [0.29, 0.717) is 11.6 Å². The van der Waals surface area contributed by atoms with Crippen molar-refractivity contribution in [3.63, 3.8) is 0 Å². The third-order valence-corrected chi connectivity index (χ3v) is 3.34. The van der Waals surface area contributed by atoms with Gasteiger partial charge in [-0.25, -0.2) is 0 Å². The topological polar surface area (TPSA) is 64.4 Å². The standard InChI is InChI=1S/C15H16N2O3/c1-10-7-14(17-20-10)16-15(18)9-19-13-6-5-11-3-2-4-12(11)8-13/h5-8H,2-4,9H2,1H3,(H,16,17,18). The molecule has 5 heteroatoms. The van der Waals surface area contributed by atoms with Gasteiger partial charge in [0.1, 0.15) is 11.5 Å². The number of benzene rings is 1. The Morgan fingerprint density at radius 2 is 2.20 bits per heavy atom. The van der Waals surface area contributed by atoms with Crippen LogP contribution in [0.4, 0.5) is 5.82 Å². The summed E-state index contributed by atoms with van der Waals surface area (Å²) in [4.78, 5) is 11.7. The predicted octanol–water partition coefficient (Wildman–Crippen LogP) is 2.49. The van der Waals surface area contributed by atoms with E-state index in [0.717, 1.165) is 18.6 Å². The molecular formula is C15H16N2O3. The number of hydrogen-bond donors (Lipinski definition) is 1. The van der Waals surface area contributed by atoms with Crippen molar-refractivity contribution in [2.24, 2.45) is 0 Å². The number of amides is 1. The van der Waals surface area contributed by atoms with Crippen LogP contribution in [-0.2, 0) is 17.6 Å². The summed E-state index contributed by atoms with van der Waals surface area (Å²) in [7, 11) is 0. The molecule has 5 nitrogen and oxygen atoms in total. The minimum Gasteiger partial charge on any atom is -0.484 e. The molecule has 0 unspecified atom stereocenters. The predicted molar refractivity (Wildman–Crippen MR) is 73.8 cm³/mol. The van der Waals surface area contributed by atoms with E-state index >= 15 is 0 Å². The monoisotopic (exact) mass is 272 g/mol. The van der Waals surface area contributed by atoms with E-state index in [2.05, 4.69) is 16.5 Å². The number of carbonyl (C=O) groups excluding carboxylic acids is 1. The zero-order valence-corrected chi connectivity index (χ0v) is 11.3. The highest BCUT2D eigenvalue weighted by atomic mass is 16.5. The van der Waals surface area contributed by atoms with Crippen LogP contribution in [0.1, 0.15) is 23.3 Å². The lowest BCUT2D eigenvalue weighted by atomic mass is 10.1. The maximum Gasteiger partial charge on any atom is 0.263 e. The fourth-order valence-corrected chi connectivity index (χ4v) is 2.39. The lowest BCUT2D eigenvalue weighted by molar-refractivity contribution is -0.118. The molecule has 3 rings (SSSR count). The van der Waals surface area contributed by atoms with Gasteiger partial charge in [0.25, 0.3) is 5.91 Å². The minimum absolute atomic E-state index is 0.0370. The molecular weight excluding hydrogens is 256 g/mol. The van der Waals surface area contributed by atoms with Gasteiger partial charge in [-0.2, -0.15) is 0 Å². The number of fused-ring (bicyclic) bond motifs is 1. The van der Waals surface area contributed by atoms with E-state index in [-0.39, 0.29) is 12.5 Å². The summed E-state index contributed by atoms with van der Waals surface area (Å²) in [6.45, 7) is 1.73. The Hall–Kier alpha value is -2.30. The van der Waals surface area contributed by atoms with E-state index < -0.39 is 0 Å². The molecule has 1 aliphatic carbocycles. The van der Waals surface area contributed by atoms with Gasteiger partial charge in [-0.1, -0.05) is 11.2 Å². The van der Waals surface area contributed by atoms with Gasteiger partial charge < -0.3 is 14.6 Å². The molecule has 1 aromatic heterocycles. The smallest absolute Gasteiger partial charge is 0.263 e. The lowest BCUT2D eigenvalue weighted by Gasteiger charge is -2.07. The molecule has 1 aliphatic rings. The number of ether oxygens (including phenoxy) is 1. The molecule has 20 heavy (non-hydrogen) atoms. The molecule has 1 aromatic carbocycles. The minimum atomic E-state index is -0.251. The van der Waals surface area contributed by atoms with Crippen molar-refractivity contribution >= 4 is 11.7 Å². The van der Waals surface area contributed by atoms with Crippen LogP contribution in [-0.4, -0.2) is 17.7 Å². The van der Waals surface area contributed by atoms with Crippen molar-refractivity contribution < 1.29 is 14.1 Å². The number of nitrogens with one attached hydrogen (secondary N) is 1. The molecule has 1 N–H and O–H groups in total. The van der Waals surface area contributed by atoms with Crippen LogP contribution in [0.5, 0.6) is 5.75 Å². The van der Waals surface area contributed by atoms with Gasteiger partial charge >= 0.3 is 0 Å². The summed E-state index contributed by atoms with van der Waals surface area (Å²) in [6.07, 6.45) is 3.43. The number of nitrogens with zero attached hydrogens (tertiary/aromatic N) is 1. The molecule has 0 saturated carbocycles. The van der Waals surface area contributed by atoms with E-state index in [4.69, 9.17) is 9.26 Å². The number of aryl methyl sites for hydroxylation is 3. The molecule has 0 aliphatic heterocycles. The summed E-state index contributed by atoms with van der Waals surface area (Å²) in [5.41, 5.74) is 2.72. The van der Waals surface area contributed by atoms with Crippen LogP contribution in [0.25, 0.3) is 0 Å². The van der Waals surface area contributed by atoms with Gasteiger partial charge in [0.15, 0.2) is 12.4 Å². The molecule has 0 fully saturated rings. The highest BCUT2D eigenvalue weighted by molar-refractivity contribution is 5.90. The normalized spacial score (nSPS) is 13.1. The zero-order valence-electron chi connectivity index (χ0n) is 11.3. The summed E-state index contributed by atoms with van der Waals surface area (Å²) < 4.78 is 10.4. The molecule has 1 heterocycles. The van der Waals surface area contributed by atoms with Crippen molar-refractivity contribution in [1.29, 1.82) is 0 Å². The number of carbonyl (C=O) groups is 1. The Balaban J connectivity index is 1.55. The van der Waals surface area contributed by atoms with Crippen molar-refractivity contribution in [2.45, 2.75) is 26.2 Å². The van der Waals surface area contributed by atoms with Gasteiger partial charge in [-0.15, -0.1) is 0 Å². The SMILES string of the molecule is Cc1cc(NC(=O)COc2ccc3c(c2)CCC3)no1. The Morgan fingerprint density at radius 1 is 1.35 bits per heavy atom. The van der Waals surface area contributed by atoms with Crippen LogP contribution < -0.4 is 10.1 Å². The number of hydrogen-bond acceptors (Lipinski definition) is 4. The number of rotatable bonds is 4. The van der Waals surface area contributed by atoms with E-state index in [1.165, 1.54) is 17.5 Å². The van der Waals surface area contributed by atoms with Crippen molar-refractivity contribution in [3.05, 3.63) is 41.2 Å². The quantitative estimate of drug-likeness (QED) is 0.928. The van der Waals surface area contributed by atoms with Crippen molar-refractivity contribution in [3.8, 4) is 5.75 Å². The fourth-order valence-electron chi connectivity index (χ4n) is 2.39. The maximum absolute atomic E-state index is 11.7. The van der Waals surface area contributed by atoms with Crippen LogP contribution in [0.2, 0.25) is 0 Å². The largest absolute Gasteiger partial charge is 0.484 e. The number of anilines is 1. The Morgan fingerprint density at radius 3 is 3.00 bits per heavy atom. The average Bonchev–Trinajstić information content (AvgIpc) is 3.04. The van der Waals surface area contributed by atoms with Gasteiger partial charge in [-0.3, -0.25) is 4.79 Å². The van der Waals surface area contributed by atoms with Crippen LogP contribution >= 0.6 is 0 Å². The first-order valence-electron chi connectivity index (χ1n) is 6.68. The molecule has 2 aromatic rings. The van der Waals surface area contributed by atoms with Gasteiger partial charge in [0.2, 0.25) is 0 Å². The Labute approximate surface area is 116 Å². The number of aromatic nitrogens is 1. The van der Waals surface area contributed by atoms with Crippen LogP contribution in [0.15, 0.2) is 28.8 Å².